The molecule has 0 aromatic carbocycles. The summed E-state index contributed by atoms with van der Waals surface area (Å²) in [6.07, 6.45) is -0.116. The number of ether oxygens (including phenoxy) is 1. The smallest absolute Gasteiger partial charge is 0.307 e. The van der Waals surface area contributed by atoms with Crippen molar-refractivity contribution < 1.29 is 19.4 Å². The van der Waals surface area contributed by atoms with Crippen LogP contribution in [0, 0.1) is 5.92 Å². The average Bonchev–Trinajstić information content (AvgIpc) is 1.99. The van der Waals surface area contributed by atoms with E-state index in [0.717, 1.165) is 0 Å². The maximum atomic E-state index is 10.6. The van der Waals surface area contributed by atoms with Crippen molar-refractivity contribution >= 4 is 24.6 Å². The lowest BCUT2D eigenvalue weighted by molar-refractivity contribution is -0.149. The van der Waals surface area contributed by atoms with Gasteiger partial charge in [-0.3, -0.25) is 9.59 Å². The average molecular weight is 178 g/mol. The summed E-state index contributed by atoms with van der Waals surface area (Å²) in [6, 6.07) is 0. The molecule has 1 unspecified atom stereocenters. The molecule has 11 heavy (non-hydrogen) atoms. The van der Waals surface area contributed by atoms with Crippen molar-refractivity contribution in [2.45, 2.75) is 6.42 Å². The maximum Gasteiger partial charge on any atom is 0.307 e. The molecule has 0 aromatic rings. The summed E-state index contributed by atoms with van der Waals surface area (Å²) in [5.41, 5.74) is 0. The van der Waals surface area contributed by atoms with E-state index in [0.29, 0.717) is 0 Å². The van der Waals surface area contributed by atoms with Gasteiger partial charge in [-0.15, -0.1) is 0 Å². The fraction of sp³-hybridized carbons (Fsp3) is 0.667. The van der Waals surface area contributed by atoms with Gasteiger partial charge in [-0.05, 0) is 0 Å². The molecule has 0 aliphatic carbocycles. The Morgan fingerprint density at radius 2 is 2.18 bits per heavy atom. The number of esters is 1. The van der Waals surface area contributed by atoms with E-state index in [1.54, 1.807) is 0 Å². The minimum Gasteiger partial charge on any atom is -0.481 e. The maximum absolute atomic E-state index is 10.6. The Hall–Kier alpha value is -0.710. The van der Waals surface area contributed by atoms with Gasteiger partial charge in [-0.25, -0.2) is 0 Å². The number of carbonyl (C=O) groups excluding carboxylic acids is 1. The van der Waals surface area contributed by atoms with Crippen LogP contribution in [0.25, 0.3) is 0 Å². The molecule has 0 saturated carbocycles. The van der Waals surface area contributed by atoms with Crippen LogP contribution in [0.4, 0.5) is 0 Å². The number of methoxy groups -OCH3 is 1. The summed E-state index contributed by atoms with van der Waals surface area (Å²) in [4.78, 5) is 20.9. The van der Waals surface area contributed by atoms with E-state index in [2.05, 4.69) is 17.4 Å². The molecule has 0 spiro atoms. The molecule has 0 amide bonds. The topological polar surface area (TPSA) is 63.6 Å². The lowest BCUT2D eigenvalue weighted by Gasteiger charge is -2.05. The molecule has 0 aromatic heterocycles. The van der Waals surface area contributed by atoms with Gasteiger partial charge in [0.15, 0.2) is 0 Å². The van der Waals surface area contributed by atoms with Crippen molar-refractivity contribution in [3.63, 3.8) is 0 Å². The molecular weight excluding hydrogens is 168 g/mol. The Balaban J connectivity index is 3.88. The van der Waals surface area contributed by atoms with E-state index >= 15 is 0 Å². The Bertz CT molecular complexity index is 157. The van der Waals surface area contributed by atoms with Gasteiger partial charge in [0.1, 0.15) is 0 Å². The number of hydrogen-bond donors (Lipinski definition) is 2. The van der Waals surface area contributed by atoms with E-state index in [1.165, 1.54) is 7.11 Å². The highest BCUT2D eigenvalue weighted by molar-refractivity contribution is 7.80. The second kappa shape index (κ2) is 5.01. The van der Waals surface area contributed by atoms with Gasteiger partial charge in [0, 0.05) is 5.75 Å². The third-order valence-corrected chi connectivity index (χ3v) is 1.65. The fourth-order valence-electron chi connectivity index (χ4n) is 0.514. The van der Waals surface area contributed by atoms with Gasteiger partial charge >= 0.3 is 11.9 Å². The molecule has 0 rings (SSSR count). The van der Waals surface area contributed by atoms with E-state index in [9.17, 15) is 9.59 Å². The van der Waals surface area contributed by atoms with Crippen LogP contribution in [-0.4, -0.2) is 29.9 Å². The lowest BCUT2D eigenvalue weighted by atomic mass is 10.1. The van der Waals surface area contributed by atoms with Crippen LogP contribution >= 0.6 is 12.6 Å². The molecule has 0 saturated heterocycles. The number of aliphatic carboxylic acids is 1. The third-order valence-electron chi connectivity index (χ3n) is 1.21. The molecule has 0 aliphatic rings. The summed E-state index contributed by atoms with van der Waals surface area (Å²) < 4.78 is 4.30. The van der Waals surface area contributed by atoms with Crippen LogP contribution in [0.1, 0.15) is 6.42 Å². The predicted molar refractivity (Wildman–Crippen MR) is 41.6 cm³/mol. The molecule has 4 nitrogen and oxygen atoms in total. The highest BCUT2D eigenvalue weighted by Crippen LogP contribution is 2.06. The Morgan fingerprint density at radius 3 is 2.45 bits per heavy atom. The number of carboxylic acid groups (broad SMARTS) is 1. The zero-order chi connectivity index (χ0) is 8.85. The van der Waals surface area contributed by atoms with Crippen molar-refractivity contribution in [1.29, 1.82) is 0 Å². The number of carbonyl (C=O) groups is 2. The standard InChI is InChI=1S/C6H10O4S/c1-10-5(7)2-4(3-11)6(8)9/h4,11H,2-3H2,1H3,(H,8,9). The van der Waals surface area contributed by atoms with Crippen molar-refractivity contribution in [3.8, 4) is 0 Å². The molecule has 5 heteroatoms. The highest BCUT2D eigenvalue weighted by atomic mass is 32.1. The van der Waals surface area contributed by atoms with Crippen molar-refractivity contribution in [3.05, 3.63) is 0 Å². The molecule has 1 N–H and O–H groups in total. The largest absolute Gasteiger partial charge is 0.481 e. The first kappa shape index (κ1) is 10.3. The van der Waals surface area contributed by atoms with Crippen LogP contribution < -0.4 is 0 Å². The van der Waals surface area contributed by atoms with E-state index in [4.69, 9.17) is 5.11 Å². The van der Waals surface area contributed by atoms with Crippen LogP contribution in [0.5, 0.6) is 0 Å². The molecule has 0 heterocycles. The van der Waals surface area contributed by atoms with Gasteiger partial charge in [0.2, 0.25) is 0 Å². The van der Waals surface area contributed by atoms with Crippen molar-refractivity contribution in [1.82, 2.24) is 0 Å². The molecule has 1 atom stereocenters. The van der Waals surface area contributed by atoms with Gasteiger partial charge in [0.05, 0.1) is 19.4 Å². The first-order chi connectivity index (χ1) is 5.11. The molecule has 0 aliphatic heterocycles. The predicted octanol–water partition coefficient (Wildman–Crippen LogP) is 0.180. The van der Waals surface area contributed by atoms with Gasteiger partial charge in [0.25, 0.3) is 0 Å². The molecule has 0 fully saturated rings. The Labute approximate surface area is 69.9 Å². The SMILES string of the molecule is COC(=O)CC(CS)C(=O)O. The lowest BCUT2D eigenvalue weighted by Crippen LogP contribution is -2.20. The zero-order valence-electron chi connectivity index (χ0n) is 6.11. The second-order valence-electron chi connectivity index (χ2n) is 2.00. The minimum absolute atomic E-state index is 0.116. The summed E-state index contributed by atoms with van der Waals surface area (Å²) in [5.74, 6) is -2.15. The second-order valence-corrected chi connectivity index (χ2v) is 2.36. The van der Waals surface area contributed by atoms with Gasteiger partial charge in [-0.2, -0.15) is 12.6 Å². The fourth-order valence-corrected chi connectivity index (χ4v) is 0.800. The van der Waals surface area contributed by atoms with Gasteiger partial charge in [-0.1, -0.05) is 0 Å². The number of carboxylic acids is 1. The monoisotopic (exact) mass is 178 g/mol. The number of rotatable bonds is 4. The summed E-state index contributed by atoms with van der Waals surface area (Å²) in [6.45, 7) is 0. The van der Waals surface area contributed by atoms with Crippen molar-refractivity contribution in [2.75, 3.05) is 12.9 Å². The highest BCUT2D eigenvalue weighted by Gasteiger charge is 2.19. The van der Waals surface area contributed by atoms with E-state index < -0.39 is 17.9 Å². The minimum atomic E-state index is -1.02. The summed E-state index contributed by atoms with van der Waals surface area (Å²) in [5, 5.41) is 8.46. The number of hydrogen-bond acceptors (Lipinski definition) is 4. The number of thiol groups is 1. The Kier molecular flexibility index (Phi) is 4.69. The normalized spacial score (nSPS) is 12.2. The summed E-state index contributed by atoms with van der Waals surface area (Å²) >= 11 is 3.78. The molecule has 0 radical (unpaired) electrons. The van der Waals surface area contributed by atoms with Crippen molar-refractivity contribution in [2.24, 2.45) is 5.92 Å². The third kappa shape index (κ3) is 3.87. The zero-order valence-corrected chi connectivity index (χ0v) is 7.01. The summed E-state index contributed by atoms with van der Waals surface area (Å²) in [7, 11) is 1.22. The Morgan fingerprint density at radius 1 is 1.64 bits per heavy atom. The van der Waals surface area contributed by atoms with E-state index in [1.807, 2.05) is 0 Å². The molecular formula is C6H10O4S. The van der Waals surface area contributed by atoms with Gasteiger partial charge < -0.3 is 9.84 Å². The first-order valence-electron chi connectivity index (χ1n) is 3.02. The van der Waals surface area contributed by atoms with Crippen LogP contribution in [-0.2, 0) is 14.3 Å². The molecule has 64 valence electrons. The van der Waals surface area contributed by atoms with Crippen LogP contribution in [0.3, 0.4) is 0 Å². The van der Waals surface area contributed by atoms with Crippen LogP contribution in [0.15, 0.2) is 0 Å². The molecule has 0 bridgehead atoms. The van der Waals surface area contributed by atoms with Crippen LogP contribution in [0.2, 0.25) is 0 Å². The quantitative estimate of drug-likeness (QED) is 0.476. The van der Waals surface area contributed by atoms with E-state index in [-0.39, 0.29) is 12.2 Å². The first-order valence-corrected chi connectivity index (χ1v) is 3.65.